The van der Waals surface area contributed by atoms with Gasteiger partial charge in [0.05, 0.1) is 32.8 Å². The van der Waals surface area contributed by atoms with Crippen molar-refractivity contribution in [1.29, 1.82) is 0 Å². The maximum Gasteiger partial charge on any atom is 0.407 e. The van der Waals surface area contributed by atoms with Crippen molar-refractivity contribution in [2.45, 2.75) is 62.6 Å². The fourth-order valence-electron chi connectivity index (χ4n) is 4.27. The molecular weight excluding hydrogens is 582 g/mol. The van der Waals surface area contributed by atoms with Crippen molar-refractivity contribution in [3.05, 3.63) is 59.6 Å². The van der Waals surface area contributed by atoms with Crippen LogP contribution in [0.5, 0.6) is 0 Å². The summed E-state index contributed by atoms with van der Waals surface area (Å²) >= 11 is 1.33. The minimum atomic E-state index is -4.01. The van der Waals surface area contributed by atoms with Crippen LogP contribution < -0.4 is 16.4 Å². The maximum atomic E-state index is 13.8. The molecule has 14 heteroatoms. The van der Waals surface area contributed by atoms with Crippen LogP contribution >= 0.6 is 11.3 Å². The van der Waals surface area contributed by atoms with Crippen LogP contribution in [0.4, 0.5) is 4.79 Å². The quantitative estimate of drug-likeness (QED) is 0.176. The van der Waals surface area contributed by atoms with Crippen LogP contribution in [0.25, 0.3) is 10.2 Å². The molecule has 12 nitrogen and oxygen atoms in total. The molecule has 0 aliphatic heterocycles. The number of hydrogen-bond acceptors (Lipinski definition) is 9. The van der Waals surface area contributed by atoms with Gasteiger partial charge in [-0.3, -0.25) is 9.59 Å². The Labute approximate surface area is 249 Å². The zero-order valence-electron chi connectivity index (χ0n) is 23.6. The van der Waals surface area contributed by atoms with Gasteiger partial charge in [0.1, 0.15) is 12.6 Å². The van der Waals surface area contributed by atoms with Crippen LogP contribution in [0.15, 0.2) is 58.9 Å². The molecule has 0 radical (unpaired) electrons. The predicted octanol–water partition coefficient (Wildman–Crippen LogP) is 2.17. The molecule has 0 aliphatic carbocycles. The van der Waals surface area contributed by atoms with Crippen molar-refractivity contribution >= 4 is 49.5 Å². The summed E-state index contributed by atoms with van der Waals surface area (Å²) in [7, 11) is -4.01. The molecule has 0 saturated heterocycles. The zero-order valence-corrected chi connectivity index (χ0v) is 25.2. The lowest BCUT2D eigenvalue weighted by Gasteiger charge is -2.30. The van der Waals surface area contributed by atoms with E-state index in [0.717, 1.165) is 23.1 Å². The third-order valence-electron chi connectivity index (χ3n) is 6.51. The van der Waals surface area contributed by atoms with Crippen LogP contribution in [-0.2, 0) is 30.8 Å². The van der Waals surface area contributed by atoms with E-state index >= 15 is 0 Å². The van der Waals surface area contributed by atoms with E-state index < -0.39 is 52.7 Å². The summed E-state index contributed by atoms with van der Waals surface area (Å²) in [6.07, 6.45) is 0.118. The number of aliphatic hydroxyl groups excluding tert-OH is 1. The summed E-state index contributed by atoms with van der Waals surface area (Å²) in [4.78, 5) is 40.0. The van der Waals surface area contributed by atoms with Gasteiger partial charge in [-0.15, -0.1) is 11.3 Å². The Morgan fingerprint density at radius 3 is 2.52 bits per heavy atom. The fourth-order valence-corrected chi connectivity index (χ4v) is 6.59. The highest BCUT2D eigenvalue weighted by Gasteiger charge is 2.31. The van der Waals surface area contributed by atoms with Crippen LogP contribution in [0, 0.1) is 0 Å². The molecule has 1 heterocycles. The largest absolute Gasteiger partial charge is 0.447 e. The number of fused-ring (bicyclic) bond motifs is 1. The average molecular weight is 620 g/mol. The molecule has 3 rings (SSSR count). The first-order valence-electron chi connectivity index (χ1n) is 13.6. The van der Waals surface area contributed by atoms with Gasteiger partial charge < -0.3 is 26.2 Å². The van der Waals surface area contributed by atoms with Gasteiger partial charge >= 0.3 is 6.09 Å². The summed E-state index contributed by atoms with van der Waals surface area (Å²) in [5.74, 6) is -1.41. The normalized spacial score (nSPS) is 13.8. The van der Waals surface area contributed by atoms with E-state index in [9.17, 15) is 27.9 Å². The second-order valence-electron chi connectivity index (χ2n) is 9.81. The van der Waals surface area contributed by atoms with E-state index in [2.05, 4.69) is 15.6 Å². The van der Waals surface area contributed by atoms with Gasteiger partial charge in [0, 0.05) is 20.0 Å². The van der Waals surface area contributed by atoms with Crippen molar-refractivity contribution in [1.82, 2.24) is 19.9 Å². The SMILES string of the molecule is CCCCCN(C[C@@H](O)[C@H](Cc1ccccc1)NC(=O)OCC(NC(C)=O)C(N)=O)S(=O)(=O)c1ccc2ncsc2c1. The standard InChI is InChI=1S/C28H37N5O7S2/c1-3-4-8-13-33(42(38,39)21-11-12-22-26(15-21)41-18-30-22)16-25(35)23(14-20-9-6-5-7-10-20)32-28(37)40-17-24(27(29)36)31-19(2)34/h5-7,9-12,15,18,23-25,35H,3-4,8,13-14,16-17H2,1-2H3,(H2,29,36)(H,31,34)(H,32,37)/t23-,24?,25+/m0/s1. The Kier molecular flexibility index (Phi) is 12.2. The second kappa shape index (κ2) is 15.6. The molecule has 0 spiro atoms. The van der Waals surface area contributed by atoms with Crippen molar-refractivity contribution in [2.75, 3.05) is 19.7 Å². The van der Waals surface area contributed by atoms with E-state index in [1.54, 1.807) is 29.8 Å². The van der Waals surface area contributed by atoms with E-state index in [4.69, 9.17) is 10.5 Å². The number of aliphatic hydroxyl groups is 1. The van der Waals surface area contributed by atoms with Gasteiger partial charge in [0.25, 0.3) is 0 Å². The molecular formula is C28H37N5O7S2. The Hall–Kier alpha value is -3.59. The topological polar surface area (TPSA) is 181 Å². The number of nitrogens with zero attached hydrogens (tertiary/aromatic N) is 2. The van der Waals surface area contributed by atoms with Crippen LogP contribution in [0.2, 0.25) is 0 Å². The number of primary amides is 1. The molecule has 0 saturated carbocycles. The maximum absolute atomic E-state index is 13.8. The number of carbonyl (C=O) groups excluding carboxylic acids is 3. The number of unbranched alkanes of at least 4 members (excludes halogenated alkanes) is 2. The predicted molar refractivity (Wildman–Crippen MR) is 159 cm³/mol. The number of benzene rings is 2. The summed E-state index contributed by atoms with van der Waals surface area (Å²) in [5.41, 5.74) is 8.39. The summed E-state index contributed by atoms with van der Waals surface area (Å²) < 4.78 is 34.6. The third-order valence-corrected chi connectivity index (χ3v) is 9.16. The Bertz CT molecular complexity index is 1450. The number of nitrogens with one attached hydrogen (secondary N) is 2. The number of carbonyl (C=O) groups is 3. The zero-order chi connectivity index (χ0) is 30.7. The summed E-state index contributed by atoms with van der Waals surface area (Å²) in [6.45, 7) is 2.56. The number of sulfonamides is 1. The molecule has 42 heavy (non-hydrogen) atoms. The van der Waals surface area contributed by atoms with Gasteiger partial charge in [0.2, 0.25) is 21.8 Å². The number of nitrogens with two attached hydrogens (primary N) is 1. The Balaban J connectivity index is 1.82. The number of rotatable bonds is 16. The molecule has 228 valence electrons. The van der Waals surface area contributed by atoms with Gasteiger partial charge in [-0.05, 0) is 36.6 Å². The van der Waals surface area contributed by atoms with E-state index in [0.29, 0.717) is 11.9 Å². The molecule has 3 aromatic rings. The molecule has 1 unspecified atom stereocenters. The van der Waals surface area contributed by atoms with E-state index in [-0.39, 0.29) is 24.4 Å². The highest BCUT2D eigenvalue weighted by molar-refractivity contribution is 7.89. The minimum absolute atomic E-state index is 0.0883. The van der Waals surface area contributed by atoms with Crippen LogP contribution in [-0.4, -0.2) is 78.6 Å². The van der Waals surface area contributed by atoms with Crippen LogP contribution in [0.1, 0.15) is 38.7 Å². The van der Waals surface area contributed by atoms with Gasteiger partial charge in [-0.2, -0.15) is 4.31 Å². The Morgan fingerprint density at radius 2 is 1.86 bits per heavy atom. The molecule has 2 aromatic carbocycles. The number of hydrogen-bond donors (Lipinski definition) is 4. The van der Waals surface area contributed by atoms with Gasteiger partial charge in [0.15, 0.2) is 0 Å². The molecule has 1 aromatic heterocycles. The first kappa shape index (κ1) is 32.9. The summed E-state index contributed by atoms with van der Waals surface area (Å²) in [5, 5.41) is 16.3. The number of thiazole rings is 1. The lowest BCUT2D eigenvalue weighted by molar-refractivity contribution is -0.127. The van der Waals surface area contributed by atoms with Crippen LogP contribution in [0.3, 0.4) is 0 Å². The number of alkyl carbamates (subject to hydrolysis) is 1. The van der Waals surface area contributed by atoms with Crippen molar-refractivity contribution < 1.29 is 32.6 Å². The fraction of sp³-hybridized carbons (Fsp3) is 0.429. The highest BCUT2D eigenvalue weighted by Crippen LogP contribution is 2.25. The van der Waals surface area contributed by atoms with E-state index in [1.165, 1.54) is 28.6 Å². The molecule has 0 aliphatic rings. The van der Waals surface area contributed by atoms with Crippen molar-refractivity contribution in [3.63, 3.8) is 0 Å². The molecule has 0 bridgehead atoms. The van der Waals surface area contributed by atoms with E-state index in [1.807, 2.05) is 25.1 Å². The lowest BCUT2D eigenvalue weighted by atomic mass is 10.0. The first-order valence-corrected chi connectivity index (χ1v) is 15.9. The average Bonchev–Trinajstić information content (AvgIpc) is 3.43. The molecule has 5 N–H and O–H groups in total. The smallest absolute Gasteiger partial charge is 0.407 e. The van der Waals surface area contributed by atoms with Gasteiger partial charge in [-0.1, -0.05) is 50.1 Å². The highest BCUT2D eigenvalue weighted by atomic mass is 32.2. The number of aromatic nitrogens is 1. The molecule has 3 amide bonds. The first-order chi connectivity index (χ1) is 20.0. The number of ether oxygens (including phenoxy) is 1. The Morgan fingerprint density at radius 1 is 1.12 bits per heavy atom. The van der Waals surface area contributed by atoms with Crippen molar-refractivity contribution in [2.24, 2.45) is 5.73 Å². The minimum Gasteiger partial charge on any atom is -0.447 e. The van der Waals surface area contributed by atoms with Crippen molar-refractivity contribution in [3.8, 4) is 0 Å². The number of amides is 3. The third kappa shape index (κ3) is 9.48. The van der Waals surface area contributed by atoms with Gasteiger partial charge in [-0.25, -0.2) is 18.2 Å². The molecule has 0 fully saturated rings. The monoisotopic (exact) mass is 619 g/mol. The lowest BCUT2D eigenvalue weighted by Crippen LogP contribution is -2.52. The second-order valence-corrected chi connectivity index (χ2v) is 12.6. The molecule has 3 atom stereocenters. The summed E-state index contributed by atoms with van der Waals surface area (Å²) in [6, 6.07) is 11.6.